The summed E-state index contributed by atoms with van der Waals surface area (Å²) in [5.41, 5.74) is 0.588. The molecule has 3 heterocycles. The van der Waals surface area contributed by atoms with E-state index >= 15 is 0 Å². The first-order chi connectivity index (χ1) is 18.0. The molecule has 1 N–H and O–H groups in total. The molecule has 2 amide bonds. The number of carbonyl (C=O) groups excluding carboxylic acids is 4. The van der Waals surface area contributed by atoms with Crippen molar-refractivity contribution < 1.29 is 32.7 Å². The number of halogens is 1. The number of ketones is 1. The first-order valence-electron chi connectivity index (χ1n) is 13.0. The van der Waals surface area contributed by atoms with Gasteiger partial charge < -0.3 is 19.4 Å². The SMILES string of the molecule is CC1=C\C(=O)C[C@@H](F)Cc2nc(co2)C(=O)N2CCC[C@@H]2C(=O)O[C@H](C(C)C)[C@H](C)/C=C/C(=O)NC\C=C\1. The van der Waals surface area contributed by atoms with Crippen molar-refractivity contribution in [1.29, 1.82) is 0 Å². The molecule has 10 heteroatoms. The van der Waals surface area contributed by atoms with Crippen LogP contribution in [0.5, 0.6) is 0 Å². The average Bonchev–Trinajstić information content (AvgIpc) is 3.52. The fourth-order valence-electron chi connectivity index (χ4n) is 4.62. The summed E-state index contributed by atoms with van der Waals surface area (Å²) in [5.74, 6) is -2.02. The van der Waals surface area contributed by atoms with Crippen molar-refractivity contribution in [3.63, 3.8) is 0 Å². The number of carbonyl (C=O) groups is 4. The van der Waals surface area contributed by atoms with Crippen LogP contribution in [0.2, 0.25) is 0 Å². The lowest BCUT2D eigenvalue weighted by Gasteiger charge is -2.29. The molecule has 0 unspecified atom stereocenters. The molecule has 1 aromatic rings. The fraction of sp³-hybridized carbons (Fsp3) is 0.536. The lowest BCUT2D eigenvalue weighted by Crippen LogP contribution is -2.44. The number of aromatic nitrogens is 1. The Morgan fingerprint density at radius 1 is 1.16 bits per heavy atom. The van der Waals surface area contributed by atoms with Gasteiger partial charge in [0, 0.05) is 25.4 Å². The van der Waals surface area contributed by atoms with Gasteiger partial charge in [-0.05, 0) is 43.4 Å². The monoisotopic (exact) mass is 529 g/mol. The van der Waals surface area contributed by atoms with Crippen LogP contribution in [0.15, 0.2) is 46.6 Å². The van der Waals surface area contributed by atoms with Gasteiger partial charge in [-0.25, -0.2) is 14.2 Å². The van der Waals surface area contributed by atoms with E-state index in [4.69, 9.17) is 9.15 Å². The van der Waals surface area contributed by atoms with Gasteiger partial charge in [0.25, 0.3) is 5.91 Å². The molecule has 3 rings (SSSR count). The maximum atomic E-state index is 14.5. The van der Waals surface area contributed by atoms with Crippen LogP contribution in [-0.2, 0) is 25.5 Å². The molecule has 0 radical (unpaired) electrons. The third-order valence-electron chi connectivity index (χ3n) is 6.52. The molecule has 0 aromatic carbocycles. The molecule has 9 nitrogen and oxygen atoms in total. The molecule has 1 saturated heterocycles. The van der Waals surface area contributed by atoms with E-state index in [1.807, 2.05) is 20.8 Å². The zero-order valence-electron chi connectivity index (χ0n) is 22.3. The molecular formula is C28H36FN3O6. The van der Waals surface area contributed by atoms with Crippen molar-refractivity contribution in [2.75, 3.05) is 13.1 Å². The number of ether oxygens (including phenoxy) is 1. The van der Waals surface area contributed by atoms with Crippen LogP contribution < -0.4 is 5.32 Å². The Morgan fingerprint density at radius 2 is 1.92 bits per heavy atom. The molecule has 2 aliphatic heterocycles. The minimum atomic E-state index is -1.55. The molecule has 4 atom stereocenters. The number of amides is 2. The van der Waals surface area contributed by atoms with Gasteiger partial charge in [-0.15, -0.1) is 0 Å². The number of oxazole rings is 1. The lowest BCUT2D eigenvalue weighted by molar-refractivity contribution is -0.158. The second-order valence-corrected chi connectivity index (χ2v) is 10.2. The van der Waals surface area contributed by atoms with E-state index in [1.165, 1.54) is 17.1 Å². The summed E-state index contributed by atoms with van der Waals surface area (Å²) in [4.78, 5) is 56.3. The van der Waals surface area contributed by atoms with Crippen molar-refractivity contribution in [1.82, 2.24) is 15.2 Å². The highest BCUT2D eigenvalue weighted by atomic mass is 19.1. The summed E-state index contributed by atoms with van der Waals surface area (Å²) >= 11 is 0. The van der Waals surface area contributed by atoms with Gasteiger partial charge in [-0.1, -0.05) is 39.0 Å². The number of fused-ring (bicyclic) bond motifs is 3. The normalized spacial score (nSPS) is 29.7. The molecule has 38 heavy (non-hydrogen) atoms. The number of nitrogens with one attached hydrogen (secondary N) is 1. The Kier molecular flexibility index (Phi) is 10.2. The summed E-state index contributed by atoms with van der Waals surface area (Å²) in [7, 11) is 0. The van der Waals surface area contributed by atoms with Crippen molar-refractivity contribution in [3.8, 4) is 0 Å². The second kappa shape index (κ2) is 13.3. The van der Waals surface area contributed by atoms with Crippen LogP contribution >= 0.6 is 0 Å². The van der Waals surface area contributed by atoms with E-state index in [1.54, 1.807) is 25.2 Å². The van der Waals surface area contributed by atoms with Crippen molar-refractivity contribution in [2.45, 2.75) is 71.7 Å². The topological polar surface area (TPSA) is 119 Å². The summed E-state index contributed by atoms with van der Waals surface area (Å²) < 4.78 is 25.7. The predicted molar refractivity (Wildman–Crippen MR) is 138 cm³/mol. The molecule has 0 spiro atoms. The van der Waals surface area contributed by atoms with Gasteiger partial charge in [0.2, 0.25) is 5.91 Å². The second-order valence-electron chi connectivity index (χ2n) is 10.2. The van der Waals surface area contributed by atoms with Gasteiger partial charge >= 0.3 is 5.97 Å². The van der Waals surface area contributed by atoms with Gasteiger partial charge in [0.1, 0.15) is 24.6 Å². The van der Waals surface area contributed by atoms with Crippen LogP contribution in [0.4, 0.5) is 4.39 Å². The van der Waals surface area contributed by atoms with Crippen molar-refractivity contribution in [2.24, 2.45) is 11.8 Å². The maximum absolute atomic E-state index is 14.5. The molecule has 0 saturated carbocycles. The molecule has 0 aliphatic carbocycles. The molecule has 2 aliphatic rings. The standard InChI is InChI=1S/C28H36FN3O6/c1-17(2)26-19(4)9-10-24(34)30-11-5-7-18(3)13-21(33)14-20(29)15-25-31-22(16-37-25)27(35)32-12-6-8-23(32)28(36)38-26/h5,7,9-10,13,16-17,19-20,23,26H,6,8,11-12,14-15H2,1-4H3,(H,30,34)/b7-5+,10-9+,18-13+/t19-,20-,23-,26-/m1/s1. The predicted octanol–water partition coefficient (Wildman–Crippen LogP) is 3.51. The smallest absolute Gasteiger partial charge is 0.329 e. The van der Waals surface area contributed by atoms with E-state index in [2.05, 4.69) is 10.3 Å². The molecular weight excluding hydrogens is 493 g/mol. The van der Waals surface area contributed by atoms with Gasteiger partial charge in [0.15, 0.2) is 17.4 Å². The minimum Gasteiger partial charge on any atom is -0.460 e. The summed E-state index contributed by atoms with van der Waals surface area (Å²) in [5, 5.41) is 2.72. The van der Waals surface area contributed by atoms with Crippen LogP contribution in [0.3, 0.4) is 0 Å². The summed E-state index contributed by atoms with van der Waals surface area (Å²) in [6.07, 6.45) is 7.32. The molecule has 1 aromatic heterocycles. The Bertz CT molecular complexity index is 1120. The van der Waals surface area contributed by atoms with Crippen LogP contribution in [0.25, 0.3) is 0 Å². The van der Waals surface area contributed by atoms with Gasteiger partial charge in [0.05, 0.1) is 6.42 Å². The van der Waals surface area contributed by atoms with E-state index in [-0.39, 0.29) is 48.7 Å². The summed E-state index contributed by atoms with van der Waals surface area (Å²) in [6, 6.07) is -0.779. The summed E-state index contributed by atoms with van der Waals surface area (Å²) in [6.45, 7) is 8.00. The van der Waals surface area contributed by atoms with E-state index in [0.717, 1.165) is 6.26 Å². The number of hydrogen-bond acceptors (Lipinski definition) is 7. The zero-order valence-corrected chi connectivity index (χ0v) is 22.3. The van der Waals surface area contributed by atoms with Gasteiger partial charge in [-0.2, -0.15) is 0 Å². The Balaban J connectivity index is 1.85. The first kappa shape index (κ1) is 29.0. The quantitative estimate of drug-likeness (QED) is 0.553. The maximum Gasteiger partial charge on any atom is 0.329 e. The Hall–Kier alpha value is -3.56. The van der Waals surface area contributed by atoms with Crippen LogP contribution in [0.1, 0.15) is 63.3 Å². The van der Waals surface area contributed by atoms with Crippen molar-refractivity contribution >= 4 is 23.6 Å². The van der Waals surface area contributed by atoms with Gasteiger partial charge in [-0.3, -0.25) is 14.4 Å². The van der Waals surface area contributed by atoms with Crippen LogP contribution in [-0.4, -0.2) is 64.9 Å². The number of cyclic esters (lactones) is 1. The molecule has 206 valence electrons. The lowest BCUT2D eigenvalue weighted by atomic mass is 9.94. The number of hydrogen-bond donors (Lipinski definition) is 1. The van der Waals surface area contributed by atoms with Crippen molar-refractivity contribution in [3.05, 3.63) is 53.8 Å². The molecule has 1 fully saturated rings. The van der Waals surface area contributed by atoms with E-state index in [9.17, 15) is 23.6 Å². The zero-order chi connectivity index (χ0) is 27.8. The number of rotatable bonds is 1. The Labute approximate surface area is 222 Å². The highest BCUT2D eigenvalue weighted by Crippen LogP contribution is 2.25. The van der Waals surface area contributed by atoms with E-state index in [0.29, 0.717) is 25.0 Å². The highest BCUT2D eigenvalue weighted by molar-refractivity contribution is 5.95. The van der Waals surface area contributed by atoms with Crippen LogP contribution in [0, 0.1) is 11.8 Å². The largest absolute Gasteiger partial charge is 0.460 e. The fourth-order valence-corrected chi connectivity index (χ4v) is 4.62. The number of allylic oxidation sites excluding steroid dienone is 3. The average molecular weight is 530 g/mol. The molecule has 2 bridgehead atoms. The highest BCUT2D eigenvalue weighted by Gasteiger charge is 2.38. The Morgan fingerprint density at radius 3 is 2.66 bits per heavy atom. The number of esters is 1. The van der Waals surface area contributed by atoms with E-state index < -0.39 is 36.0 Å². The number of nitrogens with zero attached hydrogens (tertiary/aromatic N) is 2. The third-order valence-corrected chi connectivity index (χ3v) is 6.52. The first-order valence-corrected chi connectivity index (χ1v) is 13.0. The third kappa shape index (κ3) is 7.97. The minimum absolute atomic E-state index is 0.00203. The number of alkyl halides is 1.